The van der Waals surface area contributed by atoms with E-state index in [0.717, 1.165) is 41.0 Å². The van der Waals surface area contributed by atoms with Crippen LogP contribution in [0.5, 0.6) is 0 Å². The van der Waals surface area contributed by atoms with Gasteiger partial charge in [-0.2, -0.15) is 0 Å². The Morgan fingerprint density at radius 1 is 1.06 bits per heavy atom. The summed E-state index contributed by atoms with van der Waals surface area (Å²) in [4.78, 5) is 50.9. The van der Waals surface area contributed by atoms with E-state index in [1.165, 1.54) is 24.3 Å². The molecule has 0 spiro atoms. The van der Waals surface area contributed by atoms with Crippen LogP contribution < -0.4 is 4.90 Å². The summed E-state index contributed by atoms with van der Waals surface area (Å²) in [6.45, 7) is 5.51. The molecule has 2 amide bonds. The van der Waals surface area contributed by atoms with Crippen LogP contribution in [0.1, 0.15) is 29.8 Å². The lowest BCUT2D eigenvalue weighted by molar-refractivity contribution is -0.384. The van der Waals surface area contributed by atoms with Crippen molar-refractivity contribution in [3.63, 3.8) is 0 Å². The van der Waals surface area contributed by atoms with Gasteiger partial charge in [0.15, 0.2) is 5.78 Å². The number of rotatable bonds is 8. The summed E-state index contributed by atoms with van der Waals surface area (Å²) in [5.41, 5.74) is 1.91. The minimum absolute atomic E-state index is 0.141. The van der Waals surface area contributed by atoms with Crippen LogP contribution >= 0.6 is 11.8 Å². The predicted molar refractivity (Wildman–Crippen MR) is 120 cm³/mol. The zero-order valence-corrected chi connectivity index (χ0v) is 17.9. The lowest BCUT2D eigenvalue weighted by atomic mass is 10.1. The summed E-state index contributed by atoms with van der Waals surface area (Å²) in [6.07, 6.45) is 1.63. The Kier molecular flexibility index (Phi) is 6.86. The fourth-order valence-electron chi connectivity index (χ4n) is 3.16. The molecule has 1 fully saturated rings. The Bertz CT molecular complexity index is 1040. The number of anilines is 1. The van der Waals surface area contributed by atoms with E-state index >= 15 is 0 Å². The van der Waals surface area contributed by atoms with Gasteiger partial charge in [0, 0.05) is 36.5 Å². The number of nitro groups is 1. The number of nitro benzene ring substituents is 1. The molecular formula is C22H21N3O5S. The number of non-ortho nitro benzene ring substituents is 1. The van der Waals surface area contributed by atoms with Crippen LogP contribution in [0.2, 0.25) is 0 Å². The number of Topliss-reactive ketones (excluding diaryl/α,β-unsaturated/α-hetero) is 1. The van der Waals surface area contributed by atoms with Crippen molar-refractivity contribution in [3.05, 3.63) is 74.7 Å². The molecular weight excluding hydrogens is 418 g/mol. The number of nitrogens with zero attached hydrogens (tertiary/aromatic N) is 3. The maximum Gasteiger partial charge on any atom is 0.293 e. The number of carbonyl (C=O) groups excluding carboxylic acids is 3. The van der Waals surface area contributed by atoms with Crippen molar-refractivity contribution in [2.45, 2.75) is 13.8 Å². The minimum Gasteiger partial charge on any atom is -0.372 e. The van der Waals surface area contributed by atoms with Gasteiger partial charge in [-0.3, -0.25) is 29.4 Å². The summed E-state index contributed by atoms with van der Waals surface area (Å²) < 4.78 is 0. The van der Waals surface area contributed by atoms with Gasteiger partial charge in [0.05, 0.1) is 16.4 Å². The van der Waals surface area contributed by atoms with Gasteiger partial charge in [0.25, 0.3) is 16.8 Å². The third-order valence-corrected chi connectivity index (χ3v) is 5.80. The lowest BCUT2D eigenvalue weighted by Crippen LogP contribution is -2.33. The molecule has 1 saturated heterocycles. The van der Waals surface area contributed by atoms with E-state index in [1.807, 2.05) is 24.3 Å². The maximum atomic E-state index is 12.7. The number of hydrogen-bond donors (Lipinski definition) is 0. The Hall–Kier alpha value is -3.46. The average molecular weight is 439 g/mol. The molecule has 0 aliphatic carbocycles. The largest absolute Gasteiger partial charge is 0.372 e. The van der Waals surface area contributed by atoms with Gasteiger partial charge < -0.3 is 4.90 Å². The molecule has 1 aliphatic heterocycles. The molecule has 1 heterocycles. The second kappa shape index (κ2) is 9.57. The molecule has 8 nitrogen and oxygen atoms in total. The topological polar surface area (TPSA) is 101 Å². The van der Waals surface area contributed by atoms with Crippen LogP contribution in [-0.2, 0) is 4.79 Å². The molecule has 31 heavy (non-hydrogen) atoms. The zero-order chi connectivity index (χ0) is 22.5. The highest BCUT2D eigenvalue weighted by atomic mass is 32.2. The highest BCUT2D eigenvalue weighted by Gasteiger charge is 2.36. The summed E-state index contributed by atoms with van der Waals surface area (Å²) in [7, 11) is 0. The van der Waals surface area contributed by atoms with E-state index in [0.29, 0.717) is 0 Å². The minimum atomic E-state index is -0.565. The second-order valence-corrected chi connectivity index (χ2v) is 7.75. The van der Waals surface area contributed by atoms with Crippen molar-refractivity contribution >= 4 is 46.1 Å². The first-order chi connectivity index (χ1) is 14.8. The van der Waals surface area contributed by atoms with Gasteiger partial charge in [-0.1, -0.05) is 12.1 Å². The van der Waals surface area contributed by atoms with Crippen LogP contribution in [0.3, 0.4) is 0 Å². The molecule has 0 radical (unpaired) electrons. The number of amides is 2. The SMILES string of the molecule is CCN(CC)c1ccc(/C=C2/SC(=O)N(CC(=O)c3ccc([N+](=O)[O-])cc3)C2=O)cc1. The van der Waals surface area contributed by atoms with Crippen molar-refractivity contribution in [2.75, 3.05) is 24.5 Å². The maximum absolute atomic E-state index is 12.7. The number of imide groups is 1. The van der Waals surface area contributed by atoms with Gasteiger partial charge in [-0.15, -0.1) is 0 Å². The van der Waals surface area contributed by atoms with Crippen LogP contribution in [0.4, 0.5) is 16.2 Å². The number of thioether (sulfide) groups is 1. The molecule has 0 N–H and O–H groups in total. The number of benzene rings is 2. The molecule has 3 rings (SSSR count). The predicted octanol–water partition coefficient (Wildman–Crippen LogP) is 4.36. The second-order valence-electron chi connectivity index (χ2n) is 6.76. The molecule has 2 aromatic carbocycles. The summed E-state index contributed by atoms with van der Waals surface area (Å²) >= 11 is 0.786. The van der Waals surface area contributed by atoms with E-state index in [1.54, 1.807) is 6.08 Å². The first-order valence-electron chi connectivity index (χ1n) is 9.72. The average Bonchev–Trinajstić information content (AvgIpc) is 3.03. The normalized spacial score (nSPS) is 14.9. The summed E-state index contributed by atoms with van der Waals surface area (Å²) in [5.74, 6) is -1.000. The Morgan fingerprint density at radius 3 is 2.23 bits per heavy atom. The number of carbonyl (C=O) groups is 3. The number of ketones is 1. The standard InChI is InChI=1S/C22H21N3O5S/c1-3-23(4-2)17-9-5-15(6-10-17)13-20-21(27)24(22(28)31-20)14-19(26)16-7-11-18(12-8-16)25(29)30/h5-13H,3-4,14H2,1-2H3/b20-13+. The molecule has 0 saturated carbocycles. The first kappa shape index (κ1) is 22.2. The van der Waals surface area contributed by atoms with Crippen molar-refractivity contribution < 1.29 is 19.3 Å². The molecule has 1 aliphatic rings. The highest BCUT2D eigenvalue weighted by molar-refractivity contribution is 8.18. The summed E-state index contributed by atoms with van der Waals surface area (Å²) in [5, 5.41) is 10.2. The zero-order valence-electron chi connectivity index (χ0n) is 17.1. The lowest BCUT2D eigenvalue weighted by Gasteiger charge is -2.20. The van der Waals surface area contributed by atoms with Crippen molar-refractivity contribution in [1.82, 2.24) is 4.90 Å². The Labute approximate surface area is 183 Å². The summed E-state index contributed by atoms with van der Waals surface area (Å²) in [6, 6.07) is 12.7. The van der Waals surface area contributed by atoms with Gasteiger partial charge >= 0.3 is 0 Å². The van der Waals surface area contributed by atoms with Crippen LogP contribution in [-0.4, -0.2) is 46.4 Å². The van der Waals surface area contributed by atoms with Gasteiger partial charge in [-0.05, 0) is 61.5 Å². The molecule has 0 bridgehead atoms. The van der Waals surface area contributed by atoms with E-state index < -0.39 is 28.4 Å². The van der Waals surface area contributed by atoms with E-state index in [-0.39, 0.29) is 16.2 Å². The Balaban J connectivity index is 1.71. The molecule has 9 heteroatoms. The molecule has 0 atom stereocenters. The molecule has 0 unspecified atom stereocenters. The fourth-order valence-corrected chi connectivity index (χ4v) is 4.00. The first-order valence-corrected chi connectivity index (χ1v) is 10.5. The van der Waals surface area contributed by atoms with Gasteiger partial charge in [-0.25, -0.2) is 0 Å². The van der Waals surface area contributed by atoms with Gasteiger partial charge in [0.1, 0.15) is 0 Å². The molecule has 2 aromatic rings. The third-order valence-electron chi connectivity index (χ3n) is 4.89. The quantitative estimate of drug-likeness (QED) is 0.261. The highest BCUT2D eigenvalue weighted by Crippen LogP contribution is 2.32. The van der Waals surface area contributed by atoms with E-state index in [2.05, 4.69) is 18.7 Å². The van der Waals surface area contributed by atoms with Gasteiger partial charge in [0.2, 0.25) is 0 Å². The van der Waals surface area contributed by atoms with Crippen molar-refractivity contribution in [1.29, 1.82) is 0 Å². The Morgan fingerprint density at radius 2 is 1.68 bits per heavy atom. The van der Waals surface area contributed by atoms with E-state index in [4.69, 9.17) is 0 Å². The van der Waals surface area contributed by atoms with Crippen LogP contribution in [0.25, 0.3) is 6.08 Å². The third kappa shape index (κ3) is 5.00. The van der Waals surface area contributed by atoms with Crippen LogP contribution in [0.15, 0.2) is 53.4 Å². The fraction of sp³-hybridized carbons (Fsp3) is 0.227. The number of hydrogen-bond acceptors (Lipinski definition) is 7. The molecule has 0 aromatic heterocycles. The molecule has 160 valence electrons. The monoisotopic (exact) mass is 439 g/mol. The van der Waals surface area contributed by atoms with Crippen molar-refractivity contribution in [3.8, 4) is 0 Å². The van der Waals surface area contributed by atoms with Crippen molar-refractivity contribution in [2.24, 2.45) is 0 Å². The van der Waals surface area contributed by atoms with Crippen LogP contribution in [0, 0.1) is 10.1 Å². The smallest absolute Gasteiger partial charge is 0.293 e. The van der Waals surface area contributed by atoms with E-state index in [9.17, 15) is 24.5 Å².